The van der Waals surface area contributed by atoms with Crippen molar-refractivity contribution in [3.63, 3.8) is 0 Å². The number of rotatable bonds is 8. The van der Waals surface area contributed by atoms with Gasteiger partial charge in [-0.2, -0.15) is 0 Å². The van der Waals surface area contributed by atoms with Crippen molar-refractivity contribution in [1.29, 1.82) is 0 Å². The number of carbonyl (C=O) groups is 1. The highest BCUT2D eigenvalue weighted by Crippen LogP contribution is 2.36. The molecule has 3 aromatic rings. The van der Waals surface area contributed by atoms with Gasteiger partial charge >= 0.3 is 0 Å². The first-order valence-corrected chi connectivity index (χ1v) is 10.1. The van der Waals surface area contributed by atoms with Gasteiger partial charge in [0.2, 0.25) is 11.7 Å². The number of benzene rings is 1. The van der Waals surface area contributed by atoms with Crippen molar-refractivity contribution in [2.45, 2.75) is 25.0 Å². The van der Waals surface area contributed by atoms with E-state index in [2.05, 4.69) is 15.5 Å². The molecule has 1 N–H and O–H groups in total. The van der Waals surface area contributed by atoms with E-state index < -0.39 is 0 Å². The molecule has 3 rings (SSSR count). The fraction of sp³-hybridized carbons (Fsp3) is 0.316. The van der Waals surface area contributed by atoms with Gasteiger partial charge < -0.3 is 19.2 Å². The van der Waals surface area contributed by atoms with Gasteiger partial charge in [0.15, 0.2) is 10.9 Å². The summed E-state index contributed by atoms with van der Waals surface area (Å²) in [6.07, 6.45) is 1.59. The molecular formula is C19H21ClN4O4S. The largest absolute Gasteiger partial charge is 0.495 e. The Morgan fingerprint density at radius 2 is 2.03 bits per heavy atom. The van der Waals surface area contributed by atoms with Gasteiger partial charge in [0.05, 0.1) is 36.9 Å². The molecule has 0 spiro atoms. The van der Waals surface area contributed by atoms with Crippen molar-refractivity contribution in [1.82, 2.24) is 14.8 Å². The van der Waals surface area contributed by atoms with Gasteiger partial charge in [0, 0.05) is 18.2 Å². The first-order valence-electron chi connectivity index (χ1n) is 8.77. The van der Waals surface area contributed by atoms with E-state index >= 15 is 0 Å². The fourth-order valence-corrected chi connectivity index (χ4v) is 3.79. The topological polar surface area (TPSA) is 91.4 Å². The molecule has 0 aliphatic heterocycles. The van der Waals surface area contributed by atoms with Crippen LogP contribution in [0.2, 0.25) is 5.02 Å². The minimum atomic E-state index is -0.226. The molecule has 0 radical (unpaired) electrons. The number of aromatic nitrogens is 3. The summed E-state index contributed by atoms with van der Waals surface area (Å²) in [5.41, 5.74) is 0.473. The van der Waals surface area contributed by atoms with Crippen LogP contribution < -0.4 is 14.8 Å². The van der Waals surface area contributed by atoms with Crippen molar-refractivity contribution in [3.05, 3.63) is 35.6 Å². The number of furan rings is 1. The number of amides is 1. The Morgan fingerprint density at radius 1 is 1.28 bits per heavy atom. The normalized spacial score (nSPS) is 11.0. The Hall–Kier alpha value is -2.65. The molecule has 0 fully saturated rings. The Labute approximate surface area is 177 Å². The summed E-state index contributed by atoms with van der Waals surface area (Å²) in [4.78, 5) is 12.5. The standard InChI is InChI=1S/C19H21ClN4O4S/c1-11(2)24-18(14-6-5-7-28-14)22-23-19(24)29-10-17(25)21-13-9-15(26-3)12(20)8-16(13)27-4/h5-9,11H,10H2,1-4H3,(H,21,25). The molecule has 1 aromatic carbocycles. The zero-order valence-electron chi connectivity index (χ0n) is 16.4. The number of ether oxygens (including phenoxy) is 2. The lowest BCUT2D eigenvalue weighted by atomic mass is 10.2. The minimum absolute atomic E-state index is 0.0938. The van der Waals surface area contributed by atoms with Crippen LogP contribution in [0, 0.1) is 0 Å². The van der Waals surface area contributed by atoms with Crippen LogP contribution in [-0.2, 0) is 4.79 Å². The predicted molar refractivity (Wildman–Crippen MR) is 112 cm³/mol. The number of thioether (sulfide) groups is 1. The third-order valence-corrected chi connectivity index (χ3v) is 5.24. The number of hydrogen-bond donors (Lipinski definition) is 1. The zero-order valence-corrected chi connectivity index (χ0v) is 18.0. The van der Waals surface area contributed by atoms with E-state index in [1.54, 1.807) is 24.5 Å². The van der Waals surface area contributed by atoms with Crippen molar-refractivity contribution in [2.75, 3.05) is 25.3 Å². The molecule has 154 valence electrons. The van der Waals surface area contributed by atoms with Gasteiger partial charge in [-0.15, -0.1) is 10.2 Å². The van der Waals surface area contributed by atoms with Gasteiger partial charge in [-0.1, -0.05) is 23.4 Å². The minimum Gasteiger partial charge on any atom is -0.495 e. The highest BCUT2D eigenvalue weighted by atomic mass is 35.5. The van der Waals surface area contributed by atoms with E-state index in [-0.39, 0.29) is 17.7 Å². The van der Waals surface area contributed by atoms with E-state index in [0.29, 0.717) is 39.0 Å². The number of halogens is 1. The second kappa shape index (κ2) is 9.23. The lowest BCUT2D eigenvalue weighted by Gasteiger charge is -2.14. The lowest BCUT2D eigenvalue weighted by Crippen LogP contribution is -2.15. The number of hydrogen-bond acceptors (Lipinski definition) is 7. The van der Waals surface area contributed by atoms with Crippen LogP contribution in [0.1, 0.15) is 19.9 Å². The molecule has 8 nitrogen and oxygen atoms in total. The number of anilines is 1. The molecule has 0 atom stereocenters. The van der Waals surface area contributed by atoms with E-state index in [1.165, 1.54) is 26.0 Å². The van der Waals surface area contributed by atoms with E-state index in [4.69, 9.17) is 25.5 Å². The summed E-state index contributed by atoms with van der Waals surface area (Å²) in [7, 11) is 3.01. The van der Waals surface area contributed by atoms with Crippen LogP contribution >= 0.6 is 23.4 Å². The Balaban J connectivity index is 1.74. The van der Waals surface area contributed by atoms with Crippen LogP contribution in [0.4, 0.5) is 5.69 Å². The number of nitrogens with zero attached hydrogens (tertiary/aromatic N) is 3. The van der Waals surface area contributed by atoms with Crippen LogP contribution in [-0.4, -0.2) is 40.6 Å². The maximum absolute atomic E-state index is 12.5. The van der Waals surface area contributed by atoms with E-state index in [9.17, 15) is 4.79 Å². The van der Waals surface area contributed by atoms with Crippen LogP contribution in [0.3, 0.4) is 0 Å². The highest BCUT2D eigenvalue weighted by Gasteiger charge is 2.20. The SMILES string of the molecule is COc1cc(NC(=O)CSc2nnc(-c3ccco3)n2C(C)C)c(OC)cc1Cl. The fourth-order valence-electron chi connectivity index (χ4n) is 2.69. The molecule has 0 saturated heterocycles. The van der Waals surface area contributed by atoms with Crippen molar-refractivity contribution < 1.29 is 18.7 Å². The maximum atomic E-state index is 12.5. The molecule has 2 aromatic heterocycles. The number of carbonyl (C=O) groups excluding carboxylic acids is 1. The van der Waals surface area contributed by atoms with Gasteiger partial charge in [0.25, 0.3) is 0 Å². The second-order valence-corrected chi connectivity index (χ2v) is 7.62. The van der Waals surface area contributed by atoms with Crippen LogP contribution in [0.25, 0.3) is 11.6 Å². The smallest absolute Gasteiger partial charge is 0.234 e. The molecule has 2 heterocycles. The molecule has 1 amide bonds. The first-order chi connectivity index (χ1) is 13.9. The van der Waals surface area contributed by atoms with Crippen molar-refractivity contribution in [3.8, 4) is 23.1 Å². The summed E-state index contributed by atoms with van der Waals surface area (Å²) in [5.74, 6) is 2.04. The molecule has 0 aliphatic carbocycles. The highest BCUT2D eigenvalue weighted by molar-refractivity contribution is 7.99. The molecule has 0 bridgehead atoms. The van der Waals surface area contributed by atoms with E-state index in [0.717, 1.165) is 0 Å². The van der Waals surface area contributed by atoms with Gasteiger partial charge in [0.1, 0.15) is 11.5 Å². The number of nitrogens with one attached hydrogen (secondary N) is 1. The monoisotopic (exact) mass is 436 g/mol. The van der Waals surface area contributed by atoms with Crippen LogP contribution in [0.15, 0.2) is 40.1 Å². The van der Waals surface area contributed by atoms with Gasteiger partial charge in [-0.05, 0) is 26.0 Å². The molecule has 0 aliphatic rings. The Morgan fingerprint density at radius 3 is 2.66 bits per heavy atom. The lowest BCUT2D eigenvalue weighted by molar-refractivity contribution is -0.113. The van der Waals surface area contributed by atoms with Crippen molar-refractivity contribution >= 4 is 35.0 Å². The third-order valence-electron chi connectivity index (χ3n) is 4.00. The molecule has 0 unspecified atom stereocenters. The molecule has 10 heteroatoms. The zero-order chi connectivity index (χ0) is 21.0. The summed E-state index contributed by atoms with van der Waals surface area (Å²) >= 11 is 7.39. The maximum Gasteiger partial charge on any atom is 0.234 e. The van der Waals surface area contributed by atoms with Gasteiger partial charge in [-0.3, -0.25) is 9.36 Å². The summed E-state index contributed by atoms with van der Waals surface area (Å²) < 4.78 is 17.9. The summed E-state index contributed by atoms with van der Waals surface area (Å²) in [6.45, 7) is 4.04. The first kappa shape index (κ1) is 21.1. The molecule has 0 saturated carbocycles. The average molecular weight is 437 g/mol. The van der Waals surface area contributed by atoms with Crippen LogP contribution in [0.5, 0.6) is 11.5 Å². The third kappa shape index (κ3) is 4.68. The Bertz CT molecular complexity index is 989. The second-order valence-electron chi connectivity index (χ2n) is 6.27. The van der Waals surface area contributed by atoms with Crippen molar-refractivity contribution in [2.24, 2.45) is 0 Å². The number of methoxy groups -OCH3 is 2. The average Bonchev–Trinajstić information content (AvgIpc) is 3.36. The van der Waals surface area contributed by atoms with Gasteiger partial charge in [-0.25, -0.2) is 0 Å². The predicted octanol–water partition coefficient (Wildman–Crippen LogP) is 4.52. The Kier molecular flexibility index (Phi) is 6.71. The van der Waals surface area contributed by atoms with E-state index in [1.807, 2.05) is 24.5 Å². The summed E-state index contributed by atoms with van der Waals surface area (Å²) in [6, 6.07) is 6.92. The summed E-state index contributed by atoms with van der Waals surface area (Å²) in [5, 5.41) is 12.3. The molecular weight excluding hydrogens is 416 g/mol. The molecule has 29 heavy (non-hydrogen) atoms. The quantitative estimate of drug-likeness (QED) is 0.519.